The fourth-order valence-corrected chi connectivity index (χ4v) is 3.93. The van der Waals surface area contributed by atoms with Gasteiger partial charge in [0, 0.05) is 36.1 Å². The highest BCUT2D eigenvalue weighted by molar-refractivity contribution is 6.43. The number of nitrogens with zero attached hydrogens (tertiary/aromatic N) is 3. The number of benzene rings is 2. The Morgan fingerprint density at radius 2 is 1.70 bits per heavy atom. The van der Waals surface area contributed by atoms with Crippen molar-refractivity contribution in [1.29, 1.82) is 0 Å². The van der Waals surface area contributed by atoms with Gasteiger partial charge in [-0.05, 0) is 42.2 Å². The number of amides is 2. The van der Waals surface area contributed by atoms with E-state index in [9.17, 15) is 24.7 Å². The third kappa shape index (κ3) is 8.75. The smallest absolute Gasteiger partial charge is 0.475 e. The summed E-state index contributed by atoms with van der Waals surface area (Å²) in [5.41, 5.74) is 7.81. The van der Waals surface area contributed by atoms with Crippen molar-refractivity contribution in [2.24, 2.45) is 5.92 Å². The minimum absolute atomic E-state index is 0.0919. The van der Waals surface area contributed by atoms with Crippen molar-refractivity contribution in [1.82, 2.24) is 25.6 Å². The molecule has 0 unspecified atom stereocenters. The lowest BCUT2D eigenvalue weighted by Gasteiger charge is -2.24. The number of carbonyl (C=O) groups is 2. The Bertz CT molecular complexity index is 1350. The molecule has 0 saturated heterocycles. The standard InChI is InChI=1S/C19H25BN4O4.C9H8N2O/c1-13(2)10-17(20(27)28)24-18(25)15(11-14-6-4-3-5-7-14)23-19(26)16-12-21-8-9-22-16;10-7-3-4-8(12)9-6(7)2-1-5-11-9/h3-9,12-13,15,17,27-28H,10-11H2,1-2H3,(H,23,26)(H,24,25);1-5,12H,10H2/t15-,17-;/m0./s1. The van der Waals surface area contributed by atoms with Gasteiger partial charge in [0.1, 0.15) is 23.0 Å². The van der Waals surface area contributed by atoms with Gasteiger partial charge in [0.25, 0.3) is 5.91 Å². The third-order valence-electron chi connectivity index (χ3n) is 5.90. The number of anilines is 1. The zero-order chi connectivity index (χ0) is 29.1. The average molecular weight is 544 g/mol. The molecule has 0 radical (unpaired) electrons. The number of phenolic OH excluding ortho intramolecular Hbond substituents is 1. The molecule has 0 saturated carbocycles. The van der Waals surface area contributed by atoms with E-state index in [1.807, 2.05) is 50.2 Å². The highest BCUT2D eigenvalue weighted by atomic mass is 16.4. The van der Waals surface area contributed by atoms with E-state index in [-0.39, 0.29) is 23.8 Å². The first kappa shape index (κ1) is 30.0. The van der Waals surface area contributed by atoms with Gasteiger partial charge in [0.05, 0.1) is 12.1 Å². The first-order valence-electron chi connectivity index (χ1n) is 12.7. The topological polar surface area (TPSA) is 184 Å². The van der Waals surface area contributed by atoms with Gasteiger partial charge in [-0.1, -0.05) is 44.2 Å². The van der Waals surface area contributed by atoms with Crippen molar-refractivity contribution < 1.29 is 24.7 Å². The van der Waals surface area contributed by atoms with Crippen LogP contribution in [0.15, 0.2) is 79.4 Å². The van der Waals surface area contributed by atoms with E-state index in [0.29, 0.717) is 17.6 Å². The molecule has 4 rings (SSSR count). The second kappa shape index (κ2) is 14.6. The van der Waals surface area contributed by atoms with Crippen molar-refractivity contribution in [3.8, 4) is 5.75 Å². The molecule has 0 aliphatic carbocycles. The van der Waals surface area contributed by atoms with Gasteiger partial charge in [0.2, 0.25) is 5.91 Å². The first-order chi connectivity index (χ1) is 19.2. The number of rotatable bonds is 9. The summed E-state index contributed by atoms with van der Waals surface area (Å²) in [5, 5.41) is 34.6. The quantitative estimate of drug-likeness (QED) is 0.104. The monoisotopic (exact) mass is 544 g/mol. The van der Waals surface area contributed by atoms with Gasteiger partial charge < -0.3 is 31.5 Å². The molecule has 2 atom stereocenters. The SMILES string of the molecule is CC(C)C[C@H](NC(=O)[C@H](Cc1ccccc1)NC(=O)c1cnccn1)B(O)O.Nc1ccc(O)c2ncccc12. The number of nitrogens with one attached hydrogen (secondary N) is 2. The van der Waals surface area contributed by atoms with Crippen LogP contribution in [-0.2, 0) is 11.2 Å². The number of aromatic hydroxyl groups is 1. The van der Waals surface area contributed by atoms with Crippen LogP contribution < -0.4 is 16.4 Å². The molecule has 7 N–H and O–H groups in total. The number of carbonyl (C=O) groups excluding carboxylic acids is 2. The van der Waals surface area contributed by atoms with Crippen molar-refractivity contribution in [3.63, 3.8) is 0 Å². The number of nitrogens with two attached hydrogens (primary N) is 1. The summed E-state index contributed by atoms with van der Waals surface area (Å²) in [6.07, 6.45) is 6.41. The van der Waals surface area contributed by atoms with E-state index in [0.717, 1.165) is 10.9 Å². The van der Waals surface area contributed by atoms with Crippen LogP contribution in [0.25, 0.3) is 10.9 Å². The first-order valence-corrected chi connectivity index (χ1v) is 12.7. The van der Waals surface area contributed by atoms with Crippen LogP contribution in [0.4, 0.5) is 5.69 Å². The second-order valence-corrected chi connectivity index (χ2v) is 9.54. The molecule has 40 heavy (non-hydrogen) atoms. The van der Waals surface area contributed by atoms with E-state index in [1.54, 1.807) is 24.4 Å². The fraction of sp³-hybridized carbons (Fsp3) is 0.250. The highest BCUT2D eigenvalue weighted by Crippen LogP contribution is 2.26. The van der Waals surface area contributed by atoms with Crippen LogP contribution in [0.3, 0.4) is 0 Å². The van der Waals surface area contributed by atoms with Gasteiger partial charge in [-0.2, -0.15) is 0 Å². The van der Waals surface area contributed by atoms with E-state index in [4.69, 9.17) is 5.73 Å². The Morgan fingerprint density at radius 3 is 2.33 bits per heavy atom. The van der Waals surface area contributed by atoms with Crippen LogP contribution in [0.1, 0.15) is 36.3 Å². The lowest BCUT2D eigenvalue weighted by atomic mass is 9.75. The molecule has 0 aliphatic rings. The maximum absolute atomic E-state index is 12.8. The third-order valence-corrected chi connectivity index (χ3v) is 5.90. The number of pyridine rings is 1. The summed E-state index contributed by atoms with van der Waals surface area (Å²) in [6.45, 7) is 3.83. The molecule has 2 aromatic heterocycles. The predicted molar refractivity (Wildman–Crippen MR) is 153 cm³/mol. The number of nitrogen functional groups attached to an aromatic ring is 1. The zero-order valence-corrected chi connectivity index (χ0v) is 22.3. The summed E-state index contributed by atoms with van der Waals surface area (Å²) in [7, 11) is -1.69. The summed E-state index contributed by atoms with van der Waals surface area (Å²) in [5.74, 6) is -1.55. The highest BCUT2D eigenvalue weighted by Gasteiger charge is 2.30. The van der Waals surface area contributed by atoms with Crippen molar-refractivity contribution in [3.05, 3.63) is 90.6 Å². The van der Waals surface area contributed by atoms with Crippen molar-refractivity contribution in [2.75, 3.05) is 5.73 Å². The lowest BCUT2D eigenvalue weighted by Crippen LogP contribution is -2.55. The molecule has 12 heteroatoms. The number of hydrogen-bond donors (Lipinski definition) is 6. The summed E-state index contributed by atoms with van der Waals surface area (Å²) < 4.78 is 0. The molecular weight excluding hydrogens is 511 g/mol. The Hall–Kier alpha value is -4.55. The fourth-order valence-electron chi connectivity index (χ4n) is 3.93. The second-order valence-electron chi connectivity index (χ2n) is 9.54. The summed E-state index contributed by atoms with van der Waals surface area (Å²) in [4.78, 5) is 37.1. The molecule has 2 amide bonds. The molecule has 0 bridgehead atoms. The lowest BCUT2D eigenvalue weighted by molar-refractivity contribution is -0.123. The minimum atomic E-state index is -1.69. The van der Waals surface area contributed by atoms with Crippen LogP contribution in [0.2, 0.25) is 0 Å². The van der Waals surface area contributed by atoms with E-state index >= 15 is 0 Å². The average Bonchev–Trinajstić information content (AvgIpc) is 2.95. The molecule has 0 aliphatic heterocycles. The van der Waals surface area contributed by atoms with Crippen molar-refractivity contribution in [2.45, 2.75) is 38.7 Å². The molecule has 4 aromatic rings. The Balaban J connectivity index is 0.000000302. The number of aromatic nitrogens is 3. The zero-order valence-electron chi connectivity index (χ0n) is 22.3. The molecular formula is C28H33BN6O5. The number of hydrogen-bond acceptors (Lipinski definition) is 9. The maximum atomic E-state index is 12.8. The minimum Gasteiger partial charge on any atom is -0.506 e. The number of phenols is 1. The Morgan fingerprint density at radius 1 is 0.950 bits per heavy atom. The largest absolute Gasteiger partial charge is 0.506 e. The Kier molecular flexibility index (Phi) is 10.9. The Labute approximate surface area is 232 Å². The summed E-state index contributed by atoms with van der Waals surface area (Å²) >= 11 is 0. The molecule has 2 aromatic carbocycles. The van der Waals surface area contributed by atoms with Gasteiger partial charge >= 0.3 is 7.12 Å². The van der Waals surface area contributed by atoms with Crippen LogP contribution >= 0.6 is 0 Å². The molecule has 0 fully saturated rings. The summed E-state index contributed by atoms with van der Waals surface area (Å²) in [6, 6.07) is 15.2. The van der Waals surface area contributed by atoms with Gasteiger partial charge in [-0.25, -0.2) is 4.98 Å². The predicted octanol–water partition coefficient (Wildman–Crippen LogP) is 1.88. The normalized spacial score (nSPS) is 12.1. The molecule has 0 spiro atoms. The van der Waals surface area contributed by atoms with Crippen LogP contribution in [0, 0.1) is 5.92 Å². The van der Waals surface area contributed by atoms with Crippen molar-refractivity contribution >= 4 is 35.5 Å². The van der Waals surface area contributed by atoms with Gasteiger partial charge in [-0.15, -0.1) is 0 Å². The molecule has 11 nitrogen and oxygen atoms in total. The van der Waals surface area contributed by atoms with E-state index < -0.39 is 30.9 Å². The maximum Gasteiger partial charge on any atom is 0.475 e. The van der Waals surface area contributed by atoms with Crippen LogP contribution in [0.5, 0.6) is 5.75 Å². The van der Waals surface area contributed by atoms with Crippen LogP contribution in [-0.4, -0.2) is 61.0 Å². The molecule has 208 valence electrons. The van der Waals surface area contributed by atoms with E-state index in [1.165, 1.54) is 18.6 Å². The van der Waals surface area contributed by atoms with Gasteiger partial charge in [-0.3, -0.25) is 19.6 Å². The van der Waals surface area contributed by atoms with E-state index in [2.05, 4.69) is 25.6 Å². The van der Waals surface area contributed by atoms with Gasteiger partial charge in [0.15, 0.2) is 0 Å². The molecule has 2 heterocycles. The number of fused-ring (bicyclic) bond motifs is 1.